The van der Waals surface area contributed by atoms with E-state index in [4.69, 9.17) is 0 Å². The van der Waals surface area contributed by atoms with E-state index in [2.05, 4.69) is 5.32 Å². The second-order valence-corrected chi connectivity index (χ2v) is 6.27. The molecule has 0 saturated heterocycles. The third kappa shape index (κ3) is 3.09. The first kappa shape index (κ1) is 17.4. The minimum Gasteiger partial charge on any atom is -0.502 e. The Labute approximate surface area is 150 Å². The van der Waals surface area contributed by atoms with Crippen molar-refractivity contribution in [2.45, 2.75) is 20.8 Å². The highest BCUT2D eigenvalue weighted by molar-refractivity contribution is 6.44. The lowest BCUT2D eigenvalue weighted by Gasteiger charge is -2.16. The van der Waals surface area contributed by atoms with E-state index in [0.29, 0.717) is 16.9 Å². The van der Waals surface area contributed by atoms with Gasteiger partial charge in [0, 0.05) is 12.6 Å². The number of amides is 3. The van der Waals surface area contributed by atoms with Gasteiger partial charge in [0.2, 0.25) is 5.91 Å². The fourth-order valence-corrected chi connectivity index (χ4v) is 3.02. The third-order valence-electron chi connectivity index (χ3n) is 4.02. The van der Waals surface area contributed by atoms with Crippen molar-refractivity contribution < 1.29 is 19.5 Å². The highest BCUT2D eigenvalue weighted by atomic mass is 16.3. The van der Waals surface area contributed by atoms with Crippen LogP contribution < -0.4 is 10.2 Å². The fraction of sp³-hybridized carbons (Fsp3) is 0.150. The molecular formula is C20H18N2O4. The average Bonchev–Trinajstić information content (AvgIpc) is 2.76. The molecule has 0 radical (unpaired) electrons. The molecule has 2 N–H and O–H groups in total. The van der Waals surface area contributed by atoms with E-state index in [0.717, 1.165) is 16.0 Å². The largest absolute Gasteiger partial charge is 0.502 e. The van der Waals surface area contributed by atoms with Crippen LogP contribution in [0.15, 0.2) is 48.2 Å². The number of nitrogens with one attached hydrogen (secondary N) is 1. The van der Waals surface area contributed by atoms with E-state index in [9.17, 15) is 19.5 Å². The number of aliphatic hydroxyl groups excluding tert-OH is 1. The molecular weight excluding hydrogens is 332 g/mol. The Balaban J connectivity index is 1.97. The van der Waals surface area contributed by atoms with Crippen molar-refractivity contribution in [3.63, 3.8) is 0 Å². The lowest BCUT2D eigenvalue weighted by Crippen LogP contribution is -2.31. The SMILES string of the molecule is CC(=O)Nc1ccc(C2=C(O)C(=O)N(c3cc(C)cc(C)c3)C2=O)cc1. The van der Waals surface area contributed by atoms with Crippen molar-refractivity contribution in [2.24, 2.45) is 0 Å². The second kappa shape index (κ2) is 6.48. The Morgan fingerprint density at radius 1 is 0.962 bits per heavy atom. The molecule has 3 rings (SSSR count). The molecule has 1 heterocycles. The first-order valence-electron chi connectivity index (χ1n) is 8.06. The number of nitrogens with zero attached hydrogens (tertiary/aromatic N) is 1. The number of carbonyl (C=O) groups excluding carboxylic acids is 3. The maximum atomic E-state index is 12.8. The van der Waals surface area contributed by atoms with Crippen molar-refractivity contribution >= 4 is 34.7 Å². The molecule has 3 amide bonds. The van der Waals surface area contributed by atoms with E-state index >= 15 is 0 Å². The average molecular weight is 350 g/mol. The summed E-state index contributed by atoms with van der Waals surface area (Å²) in [6.45, 7) is 5.13. The summed E-state index contributed by atoms with van der Waals surface area (Å²) >= 11 is 0. The summed E-state index contributed by atoms with van der Waals surface area (Å²) in [5, 5.41) is 12.9. The Morgan fingerprint density at radius 3 is 2.08 bits per heavy atom. The van der Waals surface area contributed by atoms with E-state index in [1.54, 1.807) is 36.4 Å². The topological polar surface area (TPSA) is 86.7 Å². The number of imide groups is 1. The van der Waals surface area contributed by atoms with E-state index in [1.807, 2.05) is 19.9 Å². The molecule has 2 aromatic rings. The Hall–Kier alpha value is -3.41. The van der Waals surface area contributed by atoms with Crippen LogP contribution in [-0.2, 0) is 14.4 Å². The van der Waals surface area contributed by atoms with Crippen molar-refractivity contribution in [3.05, 3.63) is 64.9 Å². The molecule has 0 aliphatic carbocycles. The van der Waals surface area contributed by atoms with Crippen LogP contribution >= 0.6 is 0 Å². The van der Waals surface area contributed by atoms with Gasteiger partial charge in [-0.15, -0.1) is 0 Å². The van der Waals surface area contributed by atoms with Crippen LogP contribution in [0, 0.1) is 13.8 Å². The predicted octanol–water partition coefficient (Wildman–Crippen LogP) is 3.10. The lowest BCUT2D eigenvalue weighted by molar-refractivity contribution is -0.121. The van der Waals surface area contributed by atoms with Gasteiger partial charge in [-0.3, -0.25) is 14.4 Å². The zero-order valence-electron chi connectivity index (χ0n) is 14.7. The van der Waals surface area contributed by atoms with Gasteiger partial charge in [0.1, 0.15) is 0 Å². The zero-order valence-corrected chi connectivity index (χ0v) is 14.7. The molecule has 0 aromatic heterocycles. The summed E-state index contributed by atoms with van der Waals surface area (Å²) in [5.74, 6) is -2.12. The van der Waals surface area contributed by atoms with Crippen molar-refractivity contribution in [3.8, 4) is 0 Å². The number of aryl methyl sites for hydroxylation is 2. The lowest BCUT2D eigenvalue weighted by atomic mass is 10.0. The van der Waals surface area contributed by atoms with Gasteiger partial charge in [0.05, 0.1) is 11.3 Å². The normalized spacial score (nSPS) is 14.2. The highest BCUT2D eigenvalue weighted by Crippen LogP contribution is 2.33. The van der Waals surface area contributed by atoms with Crippen LogP contribution in [0.2, 0.25) is 0 Å². The molecule has 1 aliphatic rings. The van der Waals surface area contributed by atoms with Crippen LogP contribution in [-0.4, -0.2) is 22.8 Å². The standard InChI is InChI=1S/C20H18N2O4/c1-11-8-12(2)10-16(9-11)22-19(25)17(18(24)20(22)26)14-4-6-15(7-5-14)21-13(3)23/h4-10,24H,1-3H3,(H,21,23). The maximum Gasteiger partial charge on any atom is 0.301 e. The molecule has 26 heavy (non-hydrogen) atoms. The van der Waals surface area contributed by atoms with Crippen LogP contribution in [0.3, 0.4) is 0 Å². The van der Waals surface area contributed by atoms with Crippen molar-refractivity contribution in [1.82, 2.24) is 0 Å². The molecule has 0 bridgehead atoms. The van der Waals surface area contributed by atoms with Crippen LogP contribution in [0.25, 0.3) is 5.57 Å². The zero-order chi connectivity index (χ0) is 19.0. The Bertz CT molecular complexity index is 938. The maximum absolute atomic E-state index is 12.8. The fourth-order valence-electron chi connectivity index (χ4n) is 3.02. The Morgan fingerprint density at radius 2 is 1.54 bits per heavy atom. The first-order valence-corrected chi connectivity index (χ1v) is 8.06. The van der Waals surface area contributed by atoms with Gasteiger partial charge < -0.3 is 10.4 Å². The van der Waals surface area contributed by atoms with Gasteiger partial charge >= 0.3 is 5.91 Å². The summed E-state index contributed by atoms with van der Waals surface area (Å²) in [4.78, 5) is 37.4. The molecule has 1 aliphatic heterocycles. The van der Waals surface area contributed by atoms with Gasteiger partial charge in [0.25, 0.3) is 5.91 Å². The van der Waals surface area contributed by atoms with Gasteiger partial charge in [-0.1, -0.05) is 18.2 Å². The number of benzene rings is 2. The van der Waals surface area contributed by atoms with Crippen LogP contribution in [0.5, 0.6) is 0 Å². The second-order valence-electron chi connectivity index (χ2n) is 6.27. The number of anilines is 2. The number of carbonyl (C=O) groups is 3. The van der Waals surface area contributed by atoms with Crippen molar-refractivity contribution in [1.29, 1.82) is 0 Å². The molecule has 2 aromatic carbocycles. The van der Waals surface area contributed by atoms with Crippen LogP contribution in [0.1, 0.15) is 23.6 Å². The number of aliphatic hydroxyl groups is 1. The smallest absolute Gasteiger partial charge is 0.301 e. The minimum absolute atomic E-state index is 0.0523. The molecule has 132 valence electrons. The quantitative estimate of drug-likeness (QED) is 0.833. The number of hydrogen-bond acceptors (Lipinski definition) is 4. The monoisotopic (exact) mass is 350 g/mol. The molecule has 0 spiro atoms. The first-order chi connectivity index (χ1) is 12.3. The predicted molar refractivity (Wildman–Crippen MR) is 98.7 cm³/mol. The van der Waals surface area contributed by atoms with Crippen LogP contribution in [0.4, 0.5) is 11.4 Å². The summed E-state index contributed by atoms with van der Waals surface area (Å²) in [7, 11) is 0. The summed E-state index contributed by atoms with van der Waals surface area (Å²) in [5.41, 5.74) is 3.16. The summed E-state index contributed by atoms with van der Waals surface area (Å²) in [6.07, 6.45) is 0. The number of hydrogen-bond donors (Lipinski definition) is 2. The van der Waals surface area contributed by atoms with Gasteiger partial charge in [-0.05, 0) is 54.8 Å². The molecule has 0 fully saturated rings. The molecule has 0 atom stereocenters. The van der Waals surface area contributed by atoms with Crippen molar-refractivity contribution in [2.75, 3.05) is 10.2 Å². The van der Waals surface area contributed by atoms with Gasteiger partial charge in [-0.2, -0.15) is 0 Å². The molecule has 6 nitrogen and oxygen atoms in total. The van der Waals surface area contributed by atoms with E-state index in [1.165, 1.54) is 6.92 Å². The summed E-state index contributed by atoms with van der Waals surface area (Å²) in [6, 6.07) is 11.7. The molecule has 6 heteroatoms. The Kier molecular flexibility index (Phi) is 4.34. The van der Waals surface area contributed by atoms with Gasteiger partial charge in [-0.25, -0.2) is 4.90 Å². The number of rotatable bonds is 3. The third-order valence-corrected chi connectivity index (χ3v) is 4.02. The highest BCUT2D eigenvalue weighted by Gasteiger charge is 2.40. The van der Waals surface area contributed by atoms with Gasteiger partial charge in [0.15, 0.2) is 5.76 Å². The minimum atomic E-state index is -0.749. The molecule has 0 saturated carbocycles. The molecule has 0 unspecified atom stereocenters. The van der Waals surface area contributed by atoms with E-state index in [-0.39, 0.29) is 11.5 Å². The van der Waals surface area contributed by atoms with E-state index < -0.39 is 17.6 Å². The summed E-state index contributed by atoms with van der Waals surface area (Å²) < 4.78 is 0.